The van der Waals surface area contributed by atoms with Gasteiger partial charge in [0.1, 0.15) is 0 Å². The third-order valence-electron chi connectivity index (χ3n) is 2.43. The fourth-order valence-corrected chi connectivity index (χ4v) is 1.70. The molecule has 2 aromatic carbocycles. The molecule has 0 saturated heterocycles. The van der Waals surface area contributed by atoms with Gasteiger partial charge in [0.25, 0.3) is 0 Å². The van der Waals surface area contributed by atoms with Crippen LogP contribution >= 0.6 is 0 Å². The second-order valence-corrected chi connectivity index (χ2v) is 3.59. The molecule has 0 saturated carbocycles. The molecule has 0 aliphatic rings. The second-order valence-electron chi connectivity index (χ2n) is 3.59. The van der Waals surface area contributed by atoms with Gasteiger partial charge in [-0.2, -0.15) is 13.2 Å². The van der Waals surface area contributed by atoms with Gasteiger partial charge in [0, 0.05) is 0 Å². The van der Waals surface area contributed by atoms with Gasteiger partial charge in [-0.15, -0.1) is 0 Å². The zero-order valence-corrected chi connectivity index (χ0v) is 8.46. The summed E-state index contributed by atoms with van der Waals surface area (Å²) in [4.78, 5) is 0. The number of halogens is 3. The summed E-state index contributed by atoms with van der Waals surface area (Å²) in [6, 6.07) is 12.8. The van der Waals surface area contributed by atoms with Gasteiger partial charge in [0.2, 0.25) is 0 Å². The van der Waals surface area contributed by atoms with Gasteiger partial charge in [-0.25, -0.2) is 0 Å². The summed E-state index contributed by atoms with van der Waals surface area (Å²) in [7, 11) is 0. The van der Waals surface area contributed by atoms with E-state index in [0.29, 0.717) is 12.0 Å². The van der Waals surface area contributed by atoms with E-state index < -0.39 is 6.18 Å². The summed E-state index contributed by atoms with van der Waals surface area (Å²) < 4.78 is 36.3. The minimum Gasteiger partial charge on any atom is -0.171 e. The molecular formula is C13H10F3. The Balaban J connectivity index is 2.30. The molecule has 1 radical (unpaired) electrons. The average molecular weight is 223 g/mol. The molecule has 0 aliphatic heterocycles. The van der Waals surface area contributed by atoms with E-state index in [-0.39, 0.29) is 6.42 Å². The molecule has 16 heavy (non-hydrogen) atoms. The van der Waals surface area contributed by atoms with E-state index >= 15 is 0 Å². The Kier molecular flexibility index (Phi) is 2.86. The normalized spacial score (nSPS) is 11.9. The molecule has 0 bridgehead atoms. The van der Waals surface area contributed by atoms with Crippen LogP contribution in [0.5, 0.6) is 0 Å². The van der Waals surface area contributed by atoms with Gasteiger partial charge in [-0.3, -0.25) is 0 Å². The standard InChI is InChI=1S/C13H10F3/c14-13(15,16)9-8-11-6-3-5-10-4-1-2-7-12(10)11/h1-7,9H,8H2. The van der Waals surface area contributed by atoms with Crippen LogP contribution in [0.25, 0.3) is 10.8 Å². The van der Waals surface area contributed by atoms with Crippen LogP contribution in [-0.4, -0.2) is 6.18 Å². The molecule has 0 nitrogen and oxygen atoms in total. The lowest BCUT2D eigenvalue weighted by molar-refractivity contribution is -0.0973. The fourth-order valence-electron chi connectivity index (χ4n) is 1.70. The molecular weight excluding hydrogens is 213 g/mol. The first kappa shape index (κ1) is 11.0. The van der Waals surface area contributed by atoms with Gasteiger partial charge >= 0.3 is 6.18 Å². The van der Waals surface area contributed by atoms with E-state index in [1.165, 1.54) is 0 Å². The molecule has 0 unspecified atom stereocenters. The van der Waals surface area contributed by atoms with Gasteiger partial charge in [0.05, 0.1) is 6.42 Å². The van der Waals surface area contributed by atoms with Gasteiger partial charge < -0.3 is 0 Å². The Hall–Kier alpha value is -1.51. The molecule has 0 aliphatic carbocycles. The SMILES string of the molecule is FC(F)(F)[CH]Cc1cccc2ccccc12. The van der Waals surface area contributed by atoms with E-state index in [1.54, 1.807) is 12.1 Å². The maximum Gasteiger partial charge on any atom is 0.392 e. The molecule has 0 fully saturated rings. The smallest absolute Gasteiger partial charge is 0.171 e. The van der Waals surface area contributed by atoms with Crippen LogP contribution in [0.1, 0.15) is 5.56 Å². The van der Waals surface area contributed by atoms with Crippen LogP contribution in [0, 0.1) is 6.42 Å². The predicted molar refractivity (Wildman–Crippen MR) is 58.0 cm³/mol. The summed E-state index contributed by atoms with van der Waals surface area (Å²) in [5.41, 5.74) is 0.704. The molecule has 0 spiro atoms. The van der Waals surface area contributed by atoms with E-state index in [9.17, 15) is 13.2 Å². The van der Waals surface area contributed by atoms with E-state index in [0.717, 1.165) is 10.8 Å². The van der Waals surface area contributed by atoms with Crippen molar-refractivity contribution < 1.29 is 13.2 Å². The van der Waals surface area contributed by atoms with Crippen LogP contribution in [-0.2, 0) is 6.42 Å². The summed E-state index contributed by atoms with van der Waals surface area (Å²) in [5, 5.41) is 1.85. The molecule has 3 heteroatoms. The lowest BCUT2D eigenvalue weighted by atomic mass is 10.0. The average Bonchev–Trinajstić information content (AvgIpc) is 2.25. The van der Waals surface area contributed by atoms with Crippen LogP contribution in [0.4, 0.5) is 13.2 Å². The predicted octanol–water partition coefficient (Wildman–Crippen LogP) is 4.15. The van der Waals surface area contributed by atoms with Gasteiger partial charge in [-0.05, 0) is 22.8 Å². The van der Waals surface area contributed by atoms with E-state index in [2.05, 4.69) is 0 Å². The number of fused-ring (bicyclic) bond motifs is 1. The lowest BCUT2D eigenvalue weighted by Crippen LogP contribution is -2.09. The minimum atomic E-state index is -4.21. The summed E-state index contributed by atoms with van der Waals surface area (Å²) in [5.74, 6) is 0. The van der Waals surface area contributed by atoms with Crippen molar-refractivity contribution >= 4 is 10.8 Å². The lowest BCUT2D eigenvalue weighted by Gasteiger charge is -2.08. The van der Waals surface area contributed by atoms with Gasteiger partial charge in [-0.1, -0.05) is 42.5 Å². The molecule has 83 valence electrons. The summed E-state index contributed by atoms with van der Waals surface area (Å²) >= 11 is 0. The molecule has 2 rings (SSSR count). The zero-order valence-electron chi connectivity index (χ0n) is 8.46. The summed E-state index contributed by atoms with van der Waals surface area (Å²) in [6.45, 7) is 0. The van der Waals surface area contributed by atoms with Gasteiger partial charge in [0.15, 0.2) is 0 Å². The van der Waals surface area contributed by atoms with Crippen LogP contribution in [0.3, 0.4) is 0 Å². The van der Waals surface area contributed by atoms with Crippen molar-refractivity contribution in [2.75, 3.05) is 0 Å². The zero-order chi connectivity index (χ0) is 11.6. The highest BCUT2D eigenvalue weighted by molar-refractivity contribution is 5.85. The van der Waals surface area contributed by atoms with Crippen LogP contribution < -0.4 is 0 Å². The maximum absolute atomic E-state index is 12.1. The van der Waals surface area contributed by atoms with Crippen molar-refractivity contribution in [3.63, 3.8) is 0 Å². The topological polar surface area (TPSA) is 0 Å². The number of alkyl halides is 3. The van der Waals surface area contributed by atoms with E-state index in [1.807, 2.05) is 30.3 Å². The Labute approximate surface area is 91.7 Å². The monoisotopic (exact) mass is 223 g/mol. The first-order valence-corrected chi connectivity index (χ1v) is 4.94. The quantitative estimate of drug-likeness (QED) is 0.717. The second kappa shape index (κ2) is 4.16. The molecule has 0 aromatic heterocycles. The fraction of sp³-hybridized carbons (Fsp3) is 0.154. The van der Waals surface area contributed by atoms with Crippen molar-refractivity contribution in [3.05, 3.63) is 54.4 Å². The number of benzene rings is 2. The van der Waals surface area contributed by atoms with Crippen molar-refractivity contribution in [2.45, 2.75) is 12.6 Å². The highest BCUT2D eigenvalue weighted by atomic mass is 19.4. The van der Waals surface area contributed by atoms with Crippen molar-refractivity contribution in [3.8, 4) is 0 Å². The van der Waals surface area contributed by atoms with E-state index in [4.69, 9.17) is 0 Å². The number of hydrogen-bond acceptors (Lipinski definition) is 0. The Bertz CT molecular complexity index is 480. The number of rotatable bonds is 2. The molecule has 2 aromatic rings. The molecule has 0 N–H and O–H groups in total. The molecule has 0 atom stereocenters. The van der Waals surface area contributed by atoms with Crippen molar-refractivity contribution in [2.24, 2.45) is 0 Å². The Morgan fingerprint density at radius 1 is 0.938 bits per heavy atom. The third kappa shape index (κ3) is 2.54. The van der Waals surface area contributed by atoms with Crippen LogP contribution in [0.15, 0.2) is 42.5 Å². The highest BCUT2D eigenvalue weighted by Crippen LogP contribution is 2.24. The van der Waals surface area contributed by atoms with Crippen LogP contribution in [0.2, 0.25) is 0 Å². The maximum atomic E-state index is 12.1. The molecule has 0 heterocycles. The highest BCUT2D eigenvalue weighted by Gasteiger charge is 2.27. The molecule has 0 amide bonds. The first-order valence-electron chi connectivity index (χ1n) is 4.94. The van der Waals surface area contributed by atoms with Crippen molar-refractivity contribution in [1.82, 2.24) is 0 Å². The Morgan fingerprint density at radius 2 is 1.62 bits per heavy atom. The summed E-state index contributed by atoms with van der Waals surface area (Å²) in [6.07, 6.45) is -3.91. The Morgan fingerprint density at radius 3 is 2.38 bits per heavy atom. The largest absolute Gasteiger partial charge is 0.392 e. The third-order valence-corrected chi connectivity index (χ3v) is 2.43. The minimum absolute atomic E-state index is 0.0785. The van der Waals surface area contributed by atoms with Crippen molar-refractivity contribution in [1.29, 1.82) is 0 Å². The number of hydrogen-bond donors (Lipinski definition) is 0. The first-order chi connectivity index (χ1) is 7.56.